The first-order chi connectivity index (χ1) is 12.1. The SMILES string of the molecule is O=C(c1cccc(F)c1Cl)N1CCc2c(nnn2-c2ccccn2)C1. The molecule has 2 aromatic heterocycles. The summed E-state index contributed by atoms with van der Waals surface area (Å²) in [6.07, 6.45) is 2.27. The van der Waals surface area contributed by atoms with Crippen molar-refractivity contribution in [2.45, 2.75) is 13.0 Å². The largest absolute Gasteiger partial charge is 0.332 e. The van der Waals surface area contributed by atoms with Gasteiger partial charge < -0.3 is 4.90 Å². The van der Waals surface area contributed by atoms with Gasteiger partial charge in [-0.15, -0.1) is 5.10 Å². The normalized spacial score (nSPS) is 13.6. The Hall–Kier alpha value is -2.80. The summed E-state index contributed by atoms with van der Waals surface area (Å²) >= 11 is 5.93. The molecule has 126 valence electrons. The Morgan fingerprint density at radius 2 is 2.08 bits per heavy atom. The molecule has 0 bridgehead atoms. The summed E-state index contributed by atoms with van der Waals surface area (Å²) in [5.41, 5.74) is 1.79. The minimum atomic E-state index is -0.605. The molecule has 25 heavy (non-hydrogen) atoms. The molecule has 0 fully saturated rings. The molecule has 0 aliphatic carbocycles. The third kappa shape index (κ3) is 2.76. The molecule has 0 saturated carbocycles. The van der Waals surface area contributed by atoms with Crippen LogP contribution in [0, 0.1) is 5.82 Å². The average molecular weight is 358 g/mol. The highest BCUT2D eigenvalue weighted by Crippen LogP contribution is 2.25. The van der Waals surface area contributed by atoms with Crippen molar-refractivity contribution >= 4 is 17.5 Å². The molecule has 0 unspecified atom stereocenters. The highest BCUT2D eigenvalue weighted by Gasteiger charge is 2.28. The van der Waals surface area contributed by atoms with Crippen molar-refractivity contribution in [3.63, 3.8) is 0 Å². The van der Waals surface area contributed by atoms with Gasteiger partial charge in [-0.1, -0.05) is 28.9 Å². The molecule has 6 nitrogen and oxygen atoms in total. The number of nitrogens with zero attached hydrogens (tertiary/aromatic N) is 5. The Balaban J connectivity index is 1.61. The van der Waals surface area contributed by atoms with Gasteiger partial charge in [0, 0.05) is 19.2 Å². The topological polar surface area (TPSA) is 63.9 Å². The van der Waals surface area contributed by atoms with Crippen molar-refractivity contribution < 1.29 is 9.18 Å². The van der Waals surface area contributed by atoms with Crippen LogP contribution in [0.3, 0.4) is 0 Å². The minimum absolute atomic E-state index is 0.155. The number of carbonyl (C=O) groups excluding carboxylic acids is 1. The fourth-order valence-electron chi connectivity index (χ4n) is 2.88. The van der Waals surface area contributed by atoms with E-state index in [2.05, 4.69) is 15.3 Å². The van der Waals surface area contributed by atoms with Crippen molar-refractivity contribution in [3.8, 4) is 5.82 Å². The van der Waals surface area contributed by atoms with Gasteiger partial charge in [0.25, 0.3) is 5.91 Å². The molecule has 3 aromatic rings. The van der Waals surface area contributed by atoms with E-state index in [-0.39, 0.29) is 16.5 Å². The van der Waals surface area contributed by atoms with E-state index in [1.165, 1.54) is 18.2 Å². The van der Waals surface area contributed by atoms with Gasteiger partial charge in [0.05, 0.1) is 22.8 Å². The quantitative estimate of drug-likeness (QED) is 0.707. The molecule has 1 aromatic carbocycles. The average Bonchev–Trinajstić information content (AvgIpc) is 3.07. The molecule has 3 heterocycles. The molecule has 0 atom stereocenters. The van der Waals surface area contributed by atoms with E-state index < -0.39 is 5.82 Å². The van der Waals surface area contributed by atoms with Crippen LogP contribution in [0.4, 0.5) is 4.39 Å². The van der Waals surface area contributed by atoms with Crippen LogP contribution in [0.2, 0.25) is 5.02 Å². The van der Waals surface area contributed by atoms with Crippen molar-refractivity contribution in [1.82, 2.24) is 24.9 Å². The lowest BCUT2D eigenvalue weighted by atomic mass is 10.1. The summed E-state index contributed by atoms with van der Waals surface area (Å²) < 4.78 is 15.3. The summed E-state index contributed by atoms with van der Waals surface area (Å²) in [4.78, 5) is 18.5. The van der Waals surface area contributed by atoms with E-state index in [0.29, 0.717) is 31.0 Å². The summed E-state index contributed by atoms with van der Waals surface area (Å²) in [5.74, 6) is -0.238. The second-order valence-corrected chi connectivity index (χ2v) is 6.04. The Labute approximate surface area is 147 Å². The van der Waals surface area contributed by atoms with Gasteiger partial charge in [0.1, 0.15) is 11.5 Å². The molecule has 1 aliphatic heterocycles. The predicted molar refractivity (Wildman–Crippen MR) is 89.0 cm³/mol. The molecule has 0 spiro atoms. The second kappa shape index (κ2) is 6.25. The number of fused-ring (bicyclic) bond motifs is 1. The fourth-order valence-corrected chi connectivity index (χ4v) is 3.09. The first-order valence-electron chi connectivity index (χ1n) is 7.73. The van der Waals surface area contributed by atoms with Crippen LogP contribution in [0.1, 0.15) is 21.7 Å². The Kier molecular flexibility index (Phi) is 3.93. The molecule has 1 aliphatic rings. The number of rotatable bonds is 2. The molecule has 0 saturated heterocycles. The minimum Gasteiger partial charge on any atom is -0.332 e. The van der Waals surface area contributed by atoms with E-state index in [1.807, 2.05) is 18.2 Å². The lowest BCUT2D eigenvalue weighted by Crippen LogP contribution is -2.36. The van der Waals surface area contributed by atoms with Crippen LogP contribution < -0.4 is 0 Å². The highest BCUT2D eigenvalue weighted by atomic mass is 35.5. The van der Waals surface area contributed by atoms with E-state index >= 15 is 0 Å². The number of amides is 1. The maximum absolute atomic E-state index is 13.6. The van der Waals surface area contributed by atoms with Gasteiger partial charge in [0.2, 0.25) is 0 Å². The van der Waals surface area contributed by atoms with Crippen LogP contribution >= 0.6 is 11.6 Å². The van der Waals surface area contributed by atoms with Crippen LogP contribution in [0.5, 0.6) is 0 Å². The molecular formula is C17H13ClFN5O. The zero-order chi connectivity index (χ0) is 17.4. The lowest BCUT2D eigenvalue weighted by molar-refractivity contribution is 0.0731. The van der Waals surface area contributed by atoms with E-state index in [1.54, 1.807) is 15.8 Å². The van der Waals surface area contributed by atoms with E-state index in [4.69, 9.17) is 11.6 Å². The van der Waals surface area contributed by atoms with Gasteiger partial charge in [-0.05, 0) is 24.3 Å². The van der Waals surface area contributed by atoms with Gasteiger partial charge in [0.15, 0.2) is 5.82 Å². The molecule has 8 heteroatoms. The van der Waals surface area contributed by atoms with Gasteiger partial charge >= 0.3 is 0 Å². The summed E-state index contributed by atoms with van der Waals surface area (Å²) in [7, 11) is 0. The number of pyridine rings is 1. The maximum atomic E-state index is 13.6. The van der Waals surface area contributed by atoms with E-state index in [0.717, 1.165) is 5.69 Å². The predicted octanol–water partition coefficient (Wildman–Crippen LogP) is 2.65. The van der Waals surface area contributed by atoms with Crippen molar-refractivity contribution in [2.75, 3.05) is 6.54 Å². The van der Waals surface area contributed by atoms with Crippen LogP contribution in [-0.4, -0.2) is 37.3 Å². The van der Waals surface area contributed by atoms with Gasteiger partial charge in [-0.3, -0.25) is 4.79 Å². The number of hydrogen-bond donors (Lipinski definition) is 0. The standard InChI is InChI=1S/C17H13ClFN5O/c18-16-11(4-3-5-12(16)19)17(25)23-9-7-14-13(10-23)21-22-24(14)15-6-1-2-8-20-15/h1-6,8H,7,9-10H2. The third-order valence-electron chi connectivity index (χ3n) is 4.14. The molecule has 4 rings (SSSR count). The van der Waals surface area contributed by atoms with Crippen LogP contribution in [0.15, 0.2) is 42.6 Å². The maximum Gasteiger partial charge on any atom is 0.255 e. The number of benzene rings is 1. The van der Waals surface area contributed by atoms with Crippen molar-refractivity contribution in [1.29, 1.82) is 0 Å². The lowest BCUT2D eigenvalue weighted by Gasteiger charge is -2.26. The molecule has 0 radical (unpaired) electrons. The number of halogens is 2. The Bertz CT molecular complexity index is 943. The third-order valence-corrected chi connectivity index (χ3v) is 4.52. The zero-order valence-electron chi connectivity index (χ0n) is 13.1. The van der Waals surface area contributed by atoms with Crippen LogP contribution in [0.25, 0.3) is 5.82 Å². The first-order valence-corrected chi connectivity index (χ1v) is 8.11. The summed E-state index contributed by atoms with van der Waals surface area (Å²) in [6.45, 7) is 0.771. The molecular weight excluding hydrogens is 345 g/mol. The monoisotopic (exact) mass is 357 g/mol. The van der Waals surface area contributed by atoms with Gasteiger partial charge in [-0.2, -0.15) is 4.68 Å². The number of carbonyl (C=O) groups is 1. The smallest absolute Gasteiger partial charge is 0.255 e. The van der Waals surface area contributed by atoms with Gasteiger partial charge in [-0.25, -0.2) is 9.37 Å². The number of hydrogen-bond acceptors (Lipinski definition) is 4. The highest BCUT2D eigenvalue weighted by molar-refractivity contribution is 6.34. The van der Waals surface area contributed by atoms with Crippen molar-refractivity contribution in [2.24, 2.45) is 0 Å². The first kappa shape index (κ1) is 15.7. The van der Waals surface area contributed by atoms with Crippen LogP contribution in [-0.2, 0) is 13.0 Å². The zero-order valence-corrected chi connectivity index (χ0v) is 13.8. The number of aromatic nitrogens is 4. The fraction of sp³-hybridized carbons (Fsp3) is 0.176. The Morgan fingerprint density at radius 3 is 2.88 bits per heavy atom. The van der Waals surface area contributed by atoms with Crippen molar-refractivity contribution in [3.05, 3.63) is 70.4 Å². The van der Waals surface area contributed by atoms with E-state index in [9.17, 15) is 9.18 Å². The Morgan fingerprint density at radius 1 is 1.20 bits per heavy atom. The second-order valence-electron chi connectivity index (χ2n) is 5.66. The molecule has 0 N–H and O–H groups in total. The summed E-state index contributed by atoms with van der Waals surface area (Å²) in [6, 6.07) is 9.77. The molecule has 1 amide bonds. The summed E-state index contributed by atoms with van der Waals surface area (Å²) in [5, 5.41) is 8.16.